The van der Waals surface area contributed by atoms with E-state index in [9.17, 15) is 9.90 Å². The van der Waals surface area contributed by atoms with Gasteiger partial charge in [-0.2, -0.15) is 0 Å². The number of rotatable bonds is 3. The van der Waals surface area contributed by atoms with E-state index >= 15 is 0 Å². The second-order valence-electron chi connectivity index (χ2n) is 4.98. The minimum absolute atomic E-state index is 0.148. The van der Waals surface area contributed by atoms with Crippen LogP contribution >= 0.6 is 0 Å². The van der Waals surface area contributed by atoms with Gasteiger partial charge in [-0.05, 0) is 38.1 Å². The van der Waals surface area contributed by atoms with Gasteiger partial charge in [-0.1, -0.05) is 6.92 Å². The van der Waals surface area contributed by atoms with Crippen LogP contribution in [0.5, 0.6) is 0 Å². The van der Waals surface area contributed by atoms with Crippen molar-refractivity contribution in [1.82, 2.24) is 5.32 Å². The molecule has 2 aliphatic rings. The average molecular weight is 212 g/mol. The van der Waals surface area contributed by atoms with Crippen molar-refractivity contribution in [3.05, 3.63) is 0 Å². The molecule has 0 radical (unpaired) electrons. The maximum absolute atomic E-state index is 11.2. The molecule has 1 saturated heterocycles. The number of piperidine rings is 1. The zero-order valence-electron chi connectivity index (χ0n) is 9.20. The van der Waals surface area contributed by atoms with Crippen LogP contribution in [0.1, 0.15) is 32.6 Å². The number of aliphatic carboxylic acids is 1. The zero-order valence-corrected chi connectivity index (χ0v) is 9.20. The van der Waals surface area contributed by atoms with E-state index in [-0.39, 0.29) is 17.5 Å². The summed E-state index contributed by atoms with van der Waals surface area (Å²) in [7, 11) is 0. The third-order valence-electron chi connectivity index (χ3n) is 4.24. The standard InChI is InChI=1S/C11H20N2O2/c1-7(9(14)15)11(8-3-4-8)5-2-6-13-10(11)12/h7-8,10,13H,2-6,12H2,1H3,(H,14,15)/t7?,10-,11?/m0/s1. The number of nitrogens with two attached hydrogens (primary N) is 1. The molecule has 0 aromatic heterocycles. The first-order valence-corrected chi connectivity index (χ1v) is 5.81. The molecule has 2 fully saturated rings. The first-order valence-electron chi connectivity index (χ1n) is 5.81. The molecule has 15 heavy (non-hydrogen) atoms. The van der Waals surface area contributed by atoms with Crippen LogP contribution in [0, 0.1) is 17.3 Å². The molecule has 0 aromatic rings. The lowest BCUT2D eigenvalue weighted by Crippen LogP contribution is -2.60. The molecule has 1 aliphatic heterocycles. The summed E-state index contributed by atoms with van der Waals surface area (Å²) in [5.74, 6) is -0.528. The van der Waals surface area contributed by atoms with Gasteiger partial charge in [-0.25, -0.2) is 0 Å². The molecular formula is C11H20N2O2. The van der Waals surface area contributed by atoms with Gasteiger partial charge in [0.15, 0.2) is 0 Å². The summed E-state index contributed by atoms with van der Waals surface area (Å²) >= 11 is 0. The molecule has 0 bridgehead atoms. The van der Waals surface area contributed by atoms with Crippen molar-refractivity contribution in [1.29, 1.82) is 0 Å². The maximum Gasteiger partial charge on any atom is 0.306 e. The molecule has 4 N–H and O–H groups in total. The normalized spacial score (nSPS) is 38.7. The zero-order chi connectivity index (χ0) is 11.1. The van der Waals surface area contributed by atoms with E-state index in [4.69, 9.17) is 5.73 Å². The van der Waals surface area contributed by atoms with Crippen LogP contribution < -0.4 is 11.1 Å². The van der Waals surface area contributed by atoms with Gasteiger partial charge < -0.3 is 16.2 Å². The average Bonchev–Trinajstić information content (AvgIpc) is 3.01. The number of hydrogen-bond acceptors (Lipinski definition) is 3. The minimum atomic E-state index is -0.707. The highest BCUT2D eigenvalue weighted by atomic mass is 16.4. The Morgan fingerprint density at radius 2 is 2.27 bits per heavy atom. The molecule has 1 aliphatic carbocycles. The van der Waals surface area contributed by atoms with Gasteiger partial charge in [-0.15, -0.1) is 0 Å². The van der Waals surface area contributed by atoms with E-state index in [0.717, 1.165) is 32.2 Å². The smallest absolute Gasteiger partial charge is 0.306 e. The van der Waals surface area contributed by atoms with Crippen LogP contribution in [0.15, 0.2) is 0 Å². The molecule has 1 saturated carbocycles. The third-order valence-corrected chi connectivity index (χ3v) is 4.24. The summed E-state index contributed by atoms with van der Waals surface area (Å²) in [6.07, 6.45) is 4.14. The molecule has 0 amide bonds. The highest BCUT2D eigenvalue weighted by molar-refractivity contribution is 5.71. The molecule has 0 aromatic carbocycles. The molecular weight excluding hydrogens is 192 g/mol. The van der Waals surface area contributed by atoms with Crippen LogP contribution in [0.3, 0.4) is 0 Å². The molecule has 1 heterocycles. The van der Waals surface area contributed by atoms with Crippen molar-refractivity contribution >= 4 is 5.97 Å². The van der Waals surface area contributed by atoms with Gasteiger partial charge in [-0.3, -0.25) is 4.79 Å². The van der Waals surface area contributed by atoms with Gasteiger partial charge in [0, 0.05) is 5.41 Å². The van der Waals surface area contributed by atoms with Crippen molar-refractivity contribution in [3.63, 3.8) is 0 Å². The molecule has 2 unspecified atom stereocenters. The summed E-state index contributed by atoms with van der Waals surface area (Å²) in [5, 5.41) is 12.5. The van der Waals surface area contributed by atoms with Crippen LogP contribution in [0.2, 0.25) is 0 Å². The number of hydrogen-bond donors (Lipinski definition) is 3. The first kappa shape index (κ1) is 10.9. The van der Waals surface area contributed by atoms with Crippen LogP contribution in [-0.4, -0.2) is 23.8 Å². The Hall–Kier alpha value is -0.610. The number of carbonyl (C=O) groups is 1. The predicted molar refractivity (Wildman–Crippen MR) is 57.2 cm³/mol. The highest BCUT2D eigenvalue weighted by Gasteiger charge is 2.55. The van der Waals surface area contributed by atoms with Crippen molar-refractivity contribution in [2.45, 2.75) is 38.8 Å². The van der Waals surface area contributed by atoms with E-state index in [0.29, 0.717) is 5.92 Å². The van der Waals surface area contributed by atoms with E-state index in [1.54, 1.807) is 0 Å². The molecule has 3 atom stereocenters. The lowest BCUT2D eigenvalue weighted by atomic mass is 9.65. The van der Waals surface area contributed by atoms with Crippen molar-refractivity contribution in [2.24, 2.45) is 23.0 Å². The van der Waals surface area contributed by atoms with E-state index in [2.05, 4.69) is 5.32 Å². The van der Waals surface area contributed by atoms with Gasteiger partial charge >= 0.3 is 5.97 Å². The quantitative estimate of drug-likeness (QED) is 0.646. The molecule has 4 heteroatoms. The number of carboxylic acids is 1. The predicted octanol–water partition coefficient (Wildman–Crippen LogP) is 0.772. The summed E-state index contributed by atoms with van der Waals surface area (Å²) in [4.78, 5) is 11.2. The van der Waals surface area contributed by atoms with Crippen LogP contribution in [-0.2, 0) is 4.79 Å². The van der Waals surface area contributed by atoms with Crippen LogP contribution in [0.4, 0.5) is 0 Å². The third kappa shape index (κ3) is 1.66. The fourth-order valence-electron chi connectivity index (χ4n) is 3.15. The Balaban J connectivity index is 2.25. The van der Waals surface area contributed by atoms with Gasteiger partial charge in [0.1, 0.15) is 0 Å². The van der Waals surface area contributed by atoms with E-state index in [1.165, 1.54) is 0 Å². The van der Waals surface area contributed by atoms with Crippen molar-refractivity contribution in [2.75, 3.05) is 6.54 Å². The largest absolute Gasteiger partial charge is 0.481 e. The molecule has 0 spiro atoms. The summed E-state index contributed by atoms with van der Waals surface area (Å²) < 4.78 is 0. The lowest BCUT2D eigenvalue weighted by molar-refractivity contribution is -0.149. The maximum atomic E-state index is 11.2. The fraction of sp³-hybridized carbons (Fsp3) is 0.909. The Morgan fingerprint density at radius 1 is 1.60 bits per heavy atom. The summed E-state index contributed by atoms with van der Waals surface area (Å²) in [6, 6.07) is 0. The first-order chi connectivity index (χ1) is 7.09. The molecule has 86 valence electrons. The molecule has 2 rings (SSSR count). The Bertz CT molecular complexity index is 265. The second kappa shape index (κ2) is 3.76. The highest BCUT2D eigenvalue weighted by Crippen LogP contribution is 2.54. The van der Waals surface area contributed by atoms with Crippen molar-refractivity contribution in [3.8, 4) is 0 Å². The minimum Gasteiger partial charge on any atom is -0.481 e. The Kier molecular flexibility index (Phi) is 2.73. The SMILES string of the molecule is CC(C(=O)O)C1(C2CC2)CCCN[C@@H]1N. The van der Waals surface area contributed by atoms with Crippen LogP contribution in [0.25, 0.3) is 0 Å². The monoisotopic (exact) mass is 212 g/mol. The fourth-order valence-corrected chi connectivity index (χ4v) is 3.15. The Morgan fingerprint density at radius 3 is 2.73 bits per heavy atom. The van der Waals surface area contributed by atoms with Gasteiger partial charge in [0.05, 0.1) is 12.1 Å². The summed E-state index contributed by atoms with van der Waals surface area (Å²) in [5.41, 5.74) is 5.91. The topological polar surface area (TPSA) is 75.3 Å². The number of carboxylic acid groups (broad SMARTS) is 1. The van der Waals surface area contributed by atoms with Crippen molar-refractivity contribution < 1.29 is 9.90 Å². The summed E-state index contributed by atoms with van der Waals surface area (Å²) in [6.45, 7) is 2.73. The number of nitrogens with one attached hydrogen (secondary N) is 1. The lowest BCUT2D eigenvalue weighted by Gasteiger charge is -2.46. The second-order valence-corrected chi connectivity index (χ2v) is 4.98. The molecule has 4 nitrogen and oxygen atoms in total. The van der Waals surface area contributed by atoms with Gasteiger partial charge in [0.2, 0.25) is 0 Å². The Labute approximate surface area is 90.2 Å². The van der Waals surface area contributed by atoms with E-state index in [1.807, 2.05) is 6.92 Å². The van der Waals surface area contributed by atoms with E-state index < -0.39 is 5.97 Å². The van der Waals surface area contributed by atoms with Gasteiger partial charge in [0.25, 0.3) is 0 Å².